The van der Waals surface area contributed by atoms with Crippen LogP contribution in [0.3, 0.4) is 0 Å². The van der Waals surface area contributed by atoms with Gasteiger partial charge in [-0.1, -0.05) is 23.7 Å². The molecule has 170 valence electrons. The van der Waals surface area contributed by atoms with Gasteiger partial charge in [0.15, 0.2) is 0 Å². The molecule has 0 aliphatic carbocycles. The minimum Gasteiger partial charge on any atom is -0.475 e. The number of carbonyl (C=O) groups is 1. The topological polar surface area (TPSA) is 61.8 Å². The summed E-state index contributed by atoms with van der Waals surface area (Å²) in [5.41, 5.74) is 1.35. The predicted octanol–water partition coefficient (Wildman–Crippen LogP) is 3.70. The first-order valence-corrected chi connectivity index (χ1v) is 11.6. The van der Waals surface area contributed by atoms with E-state index in [1.807, 2.05) is 23.9 Å². The fraction of sp³-hybridized carbons (Fsp3) is 0.650. The zero-order valence-corrected chi connectivity index (χ0v) is 18.4. The van der Waals surface area contributed by atoms with Gasteiger partial charge in [0, 0.05) is 29.4 Å². The lowest BCUT2D eigenvalue weighted by Crippen LogP contribution is -2.57. The third kappa shape index (κ3) is 8.26. The molecule has 2 N–H and O–H groups in total. The number of aliphatic carboxylic acids is 1. The van der Waals surface area contributed by atoms with Crippen LogP contribution in [0, 0.1) is 0 Å². The number of piperidine rings is 1. The van der Waals surface area contributed by atoms with Gasteiger partial charge in [0.25, 0.3) is 0 Å². The van der Waals surface area contributed by atoms with Gasteiger partial charge in [0.2, 0.25) is 0 Å². The average Bonchev–Trinajstić information content (AvgIpc) is 2.71. The van der Waals surface area contributed by atoms with Gasteiger partial charge in [0.1, 0.15) is 0 Å². The van der Waals surface area contributed by atoms with Crippen LogP contribution in [0.2, 0.25) is 5.02 Å². The van der Waals surface area contributed by atoms with Crippen molar-refractivity contribution in [2.45, 2.75) is 43.6 Å². The van der Waals surface area contributed by atoms with Crippen LogP contribution in [-0.4, -0.2) is 78.6 Å². The summed E-state index contributed by atoms with van der Waals surface area (Å²) in [6.07, 6.45) is 1.01. The van der Waals surface area contributed by atoms with E-state index < -0.39 is 12.1 Å². The number of carboxylic acids is 1. The first-order valence-electron chi connectivity index (χ1n) is 9.82. The number of nitrogens with one attached hydrogen (secondary N) is 1. The number of carboxylic acid groups (broad SMARTS) is 1. The maximum Gasteiger partial charge on any atom is 0.490 e. The summed E-state index contributed by atoms with van der Waals surface area (Å²) in [6.45, 7) is 4.20. The molecule has 30 heavy (non-hydrogen) atoms. The molecule has 2 aliphatic rings. The number of hydrogen-bond acceptors (Lipinski definition) is 5. The normalized spacial score (nSPS) is 23.5. The molecular formula is C20H28ClF3N2O3S. The lowest BCUT2D eigenvalue weighted by atomic mass is 9.97. The molecule has 2 saturated heterocycles. The van der Waals surface area contributed by atoms with E-state index >= 15 is 0 Å². The van der Waals surface area contributed by atoms with Crippen LogP contribution < -0.4 is 5.32 Å². The maximum atomic E-state index is 10.6. The van der Waals surface area contributed by atoms with Crippen molar-refractivity contribution in [2.75, 3.05) is 38.2 Å². The lowest BCUT2D eigenvalue weighted by Gasteiger charge is -2.45. The smallest absolute Gasteiger partial charge is 0.475 e. The highest BCUT2D eigenvalue weighted by molar-refractivity contribution is 7.98. The molecular weight excluding hydrogens is 441 g/mol. The van der Waals surface area contributed by atoms with E-state index in [0.717, 1.165) is 43.4 Å². The number of morpholine rings is 1. The van der Waals surface area contributed by atoms with E-state index in [1.165, 1.54) is 18.4 Å². The standard InChI is InChI=1S/C18H27ClN2OS.C2HF3O2/c1-23-13-18-11-21(16-6-8-20-9-7-16)17(12-22-18)10-14-2-4-15(19)5-3-14;3-2(4,5)1(6)7/h2-5,16-18,20H,6-13H2,1H3;(H,6,7)/t17-,18+;/m0./s1. The Kier molecular flexibility index (Phi) is 10.2. The molecule has 10 heteroatoms. The minimum absolute atomic E-state index is 0.376. The van der Waals surface area contributed by atoms with Crippen LogP contribution in [-0.2, 0) is 16.0 Å². The second kappa shape index (κ2) is 12.1. The van der Waals surface area contributed by atoms with Gasteiger partial charge in [-0.15, -0.1) is 0 Å². The molecule has 0 spiro atoms. The third-order valence-electron chi connectivity index (χ3n) is 5.17. The van der Waals surface area contributed by atoms with Gasteiger partial charge in [-0.2, -0.15) is 24.9 Å². The fourth-order valence-electron chi connectivity index (χ4n) is 3.72. The Morgan fingerprint density at radius 2 is 1.90 bits per heavy atom. The van der Waals surface area contributed by atoms with Crippen molar-refractivity contribution in [2.24, 2.45) is 0 Å². The van der Waals surface area contributed by atoms with Crippen LogP contribution in [0.4, 0.5) is 13.2 Å². The molecule has 1 aromatic rings. The third-order valence-corrected chi connectivity index (χ3v) is 6.12. The molecule has 5 nitrogen and oxygen atoms in total. The zero-order valence-electron chi connectivity index (χ0n) is 16.8. The molecule has 0 radical (unpaired) electrons. The Hall–Kier alpha value is -1.00. The Labute approximate surface area is 184 Å². The van der Waals surface area contributed by atoms with Crippen LogP contribution >= 0.6 is 23.4 Å². The molecule has 2 heterocycles. The molecule has 0 amide bonds. The first kappa shape index (κ1) is 25.3. The monoisotopic (exact) mass is 468 g/mol. The quantitative estimate of drug-likeness (QED) is 0.687. The van der Waals surface area contributed by atoms with Crippen molar-refractivity contribution >= 4 is 29.3 Å². The van der Waals surface area contributed by atoms with Gasteiger partial charge in [-0.05, 0) is 56.3 Å². The van der Waals surface area contributed by atoms with E-state index in [2.05, 4.69) is 28.6 Å². The molecule has 0 unspecified atom stereocenters. The summed E-state index contributed by atoms with van der Waals surface area (Å²) in [7, 11) is 0. The molecule has 1 aromatic carbocycles. The van der Waals surface area contributed by atoms with E-state index in [1.54, 1.807) is 0 Å². The van der Waals surface area contributed by atoms with Crippen molar-refractivity contribution in [1.29, 1.82) is 0 Å². The Balaban J connectivity index is 0.000000396. The van der Waals surface area contributed by atoms with Crippen LogP contribution in [0.5, 0.6) is 0 Å². The highest BCUT2D eigenvalue weighted by Crippen LogP contribution is 2.24. The number of thioether (sulfide) groups is 1. The van der Waals surface area contributed by atoms with Gasteiger partial charge >= 0.3 is 12.1 Å². The summed E-state index contributed by atoms with van der Waals surface area (Å²) in [4.78, 5) is 11.6. The van der Waals surface area contributed by atoms with Crippen LogP contribution in [0.1, 0.15) is 18.4 Å². The molecule has 0 bridgehead atoms. The number of benzene rings is 1. The molecule has 2 fully saturated rings. The summed E-state index contributed by atoms with van der Waals surface area (Å²) in [5.74, 6) is -1.66. The summed E-state index contributed by atoms with van der Waals surface area (Å²) < 4.78 is 37.9. The number of alkyl halides is 3. The van der Waals surface area contributed by atoms with E-state index in [9.17, 15) is 13.2 Å². The van der Waals surface area contributed by atoms with Crippen molar-refractivity contribution in [3.63, 3.8) is 0 Å². The molecule has 0 saturated carbocycles. The second-order valence-corrected chi connectivity index (χ2v) is 8.72. The SMILES string of the molecule is CSC[C@H]1CN(C2CCNCC2)[C@@H](Cc2ccc(Cl)cc2)CO1.O=C(O)C(F)(F)F. The van der Waals surface area contributed by atoms with Crippen molar-refractivity contribution in [3.8, 4) is 0 Å². The number of rotatable bonds is 5. The summed E-state index contributed by atoms with van der Waals surface area (Å²) >= 11 is 7.90. The van der Waals surface area contributed by atoms with E-state index in [0.29, 0.717) is 18.2 Å². The Morgan fingerprint density at radius 1 is 1.30 bits per heavy atom. The zero-order chi connectivity index (χ0) is 22.1. The molecule has 3 rings (SSSR count). The maximum absolute atomic E-state index is 10.6. The van der Waals surface area contributed by atoms with Gasteiger partial charge in [0.05, 0.1) is 12.7 Å². The van der Waals surface area contributed by atoms with Gasteiger partial charge in [-0.3, -0.25) is 4.90 Å². The minimum atomic E-state index is -5.08. The number of halogens is 4. The van der Waals surface area contributed by atoms with Gasteiger partial charge < -0.3 is 15.2 Å². The Bertz CT molecular complexity index is 658. The lowest BCUT2D eigenvalue weighted by molar-refractivity contribution is -0.192. The van der Waals surface area contributed by atoms with Crippen LogP contribution in [0.15, 0.2) is 24.3 Å². The highest BCUT2D eigenvalue weighted by Gasteiger charge is 2.38. The average molecular weight is 469 g/mol. The summed E-state index contributed by atoms with van der Waals surface area (Å²) in [6, 6.07) is 9.46. The van der Waals surface area contributed by atoms with Crippen molar-refractivity contribution < 1.29 is 27.8 Å². The molecule has 2 aliphatic heterocycles. The number of ether oxygens (including phenoxy) is 1. The number of hydrogen-bond donors (Lipinski definition) is 2. The molecule has 0 aromatic heterocycles. The predicted molar refractivity (Wildman–Crippen MR) is 113 cm³/mol. The van der Waals surface area contributed by atoms with Crippen molar-refractivity contribution in [1.82, 2.24) is 10.2 Å². The highest BCUT2D eigenvalue weighted by atomic mass is 35.5. The van der Waals surface area contributed by atoms with Crippen LogP contribution in [0.25, 0.3) is 0 Å². The van der Waals surface area contributed by atoms with Gasteiger partial charge in [-0.25, -0.2) is 4.79 Å². The molecule has 2 atom stereocenters. The van der Waals surface area contributed by atoms with E-state index in [4.69, 9.17) is 26.2 Å². The van der Waals surface area contributed by atoms with Crippen molar-refractivity contribution in [3.05, 3.63) is 34.9 Å². The fourth-order valence-corrected chi connectivity index (χ4v) is 4.42. The summed E-state index contributed by atoms with van der Waals surface area (Å²) in [5, 5.41) is 11.4. The largest absolute Gasteiger partial charge is 0.490 e. The first-order chi connectivity index (χ1) is 14.2. The van der Waals surface area contributed by atoms with E-state index in [-0.39, 0.29) is 0 Å². The number of nitrogens with zero attached hydrogens (tertiary/aromatic N) is 1. The second-order valence-electron chi connectivity index (χ2n) is 7.38. The Morgan fingerprint density at radius 3 is 2.43 bits per heavy atom.